The van der Waals surface area contributed by atoms with E-state index in [9.17, 15) is 4.79 Å². The molecule has 0 aromatic carbocycles. The van der Waals surface area contributed by atoms with Crippen LogP contribution in [0, 0.1) is 0 Å². The zero-order valence-corrected chi connectivity index (χ0v) is 15.2. The number of pyridine rings is 1. The Bertz CT molecular complexity index is 802. The largest absolute Gasteiger partial charge is 0.472 e. The number of ether oxygens (including phenoxy) is 1. The van der Waals surface area contributed by atoms with Gasteiger partial charge in [-0.25, -0.2) is 4.98 Å². The number of hydrogen-bond donors (Lipinski definition) is 1. The highest BCUT2D eigenvalue weighted by molar-refractivity contribution is 6.44. The maximum atomic E-state index is 11.7. The molecular weight excluding hydrogens is 352 g/mol. The van der Waals surface area contributed by atoms with Crippen molar-refractivity contribution in [1.82, 2.24) is 15.2 Å². The van der Waals surface area contributed by atoms with Gasteiger partial charge in [-0.2, -0.15) is 0 Å². The van der Waals surface area contributed by atoms with Crippen molar-refractivity contribution in [1.29, 1.82) is 0 Å². The number of aromatic nitrogens is 1. The van der Waals surface area contributed by atoms with Crippen molar-refractivity contribution < 1.29 is 9.53 Å². The molecule has 0 bridgehead atoms. The number of ketones is 1. The average Bonchev–Trinajstić information content (AvgIpc) is 3.13. The summed E-state index contributed by atoms with van der Waals surface area (Å²) in [5.41, 5.74) is 3.20. The van der Waals surface area contributed by atoms with E-state index in [1.54, 1.807) is 12.4 Å². The minimum absolute atomic E-state index is 0.0159. The molecule has 3 aliphatic heterocycles. The fourth-order valence-electron chi connectivity index (χ4n) is 3.48. The van der Waals surface area contributed by atoms with E-state index in [0.717, 1.165) is 32.5 Å². The predicted molar refractivity (Wildman–Crippen MR) is 102 cm³/mol. The lowest BCUT2D eigenvalue weighted by Crippen LogP contribution is -2.28. The van der Waals surface area contributed by atoms with E-state index in [1.165, 1.54) is 11.1 Å². The van der Waals surface area contributed by atoms with Gasteiger partial charge in [0.2, 0.25) is 5.88 Å². The Balaban J connectivity index is 1.43. The highest BCUT2D eigenvalue weighted by Crippen LogP contribution is 2.26. The Labute approximate surface area is 157 Å². The van der Waals surface area contributed by atoms with Gasteiger partial charge in [-0.15, -0.1) is 0 Å². The third kappa shape index (κ3) is 3.66. The average molecular weight is 373 g/mol. The molecule has 1 aromatic rings. The number of rotatable bonds is 4. The quantitative estimate of drug-likeness (QED) is 0.875. The summed E-state index contributed by atoms with van der Waals surface area (Å²) in [5, 5.41) is 3.60. The fourth-order valence-corrected chi connectivity index (χ4v) is 3.70. The normalized spacial score (nSPS) is 23.4. The number of carbonyl (C=O) groups is 1. The van der Waals surface area contributed by atoms with Crippen molar-refractivity contribution in [3.63, 3.8) is 0 Å². The second-order valence-electron chi connectivity index (χ2n) is 6.63. The van der Waals surface area contributed by atoms with Crippen LogP contribution in [0.15, 0.2) is 40.1 Å². The minimum atomic E-state index is -0.127. The van der Waals surface area contributed by atoms with E-state index >= 15 is 0 Å². The molecule has 0 radical (unpaired) electrons. The summed E-state index contributed by atoms with van der Waals surface area (Å²) < 4.78 is 6.10. The van der Waals surface area contributed by atoms with Crippen molar-refractivity contribution in [3.05, 3.63) is 40.7 Å². The molecule has 0 aliphatic carbocycles. The van der Waals surface area contributed by atoms with Crippen LogP contribution >= 0.6 is 11.6 Å². The number of Topliss-reactive ketones (excluding diaryl/α,β-unsaturated/α-hetero) is 1. The lowest BCUT2D eigenvalue weighted by Gasteiger charge is -2.22. The SMILES string of the molecule is O=C1CN=CC(N2CC[C@@H](Oc3cc(C4=CCNCC4)ccn3)C2)=C1Cl. The molecular formula is C19H21ClN4O2. The van der Waals surface area contributed by atoms with Crippen molar-refractivity contribution >= 4 is 29.2 Å². The van der Waals surface area contributed by atoms with Gasteiger partial charge in [0.1, 0.15) is 17.7 Å². The number of hydrogen-bond acceptors (Lipinski definition) is 6. The third-order valence-electron chi connectivity index (χ3n) is 4.86. The molecule has 1 saturated heterocycles. The monoisotopic (exact) mass is 372 g/mol. The first-order chi connectivity index (χ1) is 12.7. The molecule has 0 amide bonds. The number of aliphatic imine (C=N–C) groups is 1. The van der Waals surface area contributed by atoms with Gasteiger partial charge in [0.25, 0.3) is 0 Å². The highest BCUT2D eigenvalue weighted by atomic mass is 35.5. The number of halogens is 1. The minimum Gasteiger partial charge on any atom is -0.472 e. The van der Waals surface area contributed by atoms with Gasteiger partial charge in [0, 0.05) is 38.0 Å². The molecule has 1 N–H and O–H groups in total. The molecule has 7 heteroatoms. The molecule has 0 unspecified atom stereocenters. The maximum absolute atomic E-state index is 11.7. The second kappa shape index (κ2) is 7.60. The van der Waals surface area contributed by atoms with E-state index in [1.807, 2.05) is 12.1 Å². The molecule has 1 atom stereocenters. The molecule has 0 spiro atoms. The van der Waals surface area contributed by atoms with Crippen LogP contribution in [-0.2, 0) is 4.79 Å². The summed E-state index contributed by atoms with van der Waals surface area (Å²) in [5.74, 6) is 0.514. The lowest BCUT2D eigenvalue weighted by molar-refractivity contribution is -0.113. The lowest BCUT2D eigenvalue weighted by atomic mass is 10.0. The summed E-state index contributed by atoms with van der Waals surface area (Å²) in [6, 6.07) is 4.04. The van der Waals surface area contributed by atoms with Crippen molar-refractivity contribution in [2.24, 2.45) is 4.99 Å². The molecule has 4 rings (SSSR count). The number of carbonyl (C=O) groups excluding carboxylic acids is 1. The summed E-state index contributed by atoms with van der Waals surface area (Å²) in [6.45, 7) is 3.49. The first kappa shape index (κ1) is 17.2. The first-order valence-electron chi connectivity index (χ1n) is 8.91. The third-order valence-corrected chi connectivity index (χ3v) is 5.27. The van der Waals surface area contributed by atoms with Crippen LogP contribution in [0.4, 0.5) is 0 Å². The first-order valence-corrected chi connectivity index (χ1v) is 9.29. The van der Waals surface area contributed by atoms with E-state index < -0.39 is 0 Å². The van der Waals surface area contributed by atoms with Crippen molar-refractivity contribution in [2.75, 3.05) is 32.7 Å². The van der Waals surface area contributed by atoms with Gasteiger partial charge >= 0.3 is 0 Å². The van der Waals surface area contributed by atoms with Gasteiger partial charge in [-0.1, -0.05) is 17.7 Å². The summed E-state index contributed by atoms with van der Waals surface area (Å²) in [4.78, 5) is 22.2. The zero-order chi connectivity index (χ0) is 17.9. The smallest absolute Gasteiger partial charge is 0.214 e. The number of allylic oxidation sites excluding steroid dienone is 1. The molecule has 1 aromatic heterocycles. The summed E-state index contributed by atoms with van der Waals surface area (Å²) in [6.07, 6.45) is 7.59. The van der Waals surface area contributed by atoms with E-state index in [4.69, 9.17) is 16.3 Å². The second-order valence-corrected chi connectivity index (χ2v) is 7.01. The van der Waals surface area contributed by atoms with Gasteiger partial charge in [-0.05, 0) is 30.2 Å². The number of dihydropyridines is 1. The molecule has 26 heavy (non-hydrogen) atoms. The molecule has 6 nitrogen and oxygen atoms in total. The summed E-state index contributed by atoms with van der Waals surface area (Å²) >= 11 is 6.16. The zero-order valence-electron chi connectivity index (χ0n) is 14.4. The predicted octanol–water partition coefficient (Wildman–Crippen LogP) is 2.02. The van der Waals surface area contributed by atoms with Crippen LogP contribution < -0.4 is 10.1 Å². The van der Waals surface area contributed by atoms with Crippen LogP contribution in [-0.4, -0.2) is 60.7 Å². The fraction of sp³-hybridized carbons (Fsp3) is 0.421. The maximum Gasteiger partial charge on any atom is 0.214 e. The Morgan fingerprint density at radius 3 is 3.15 bits per heavy atom. The summed E-state index contributed by atoms with van der Waals surface area (Å²) in [7, 11) is 0. The Kier molecular flexibility index (Phi) is 5.04. The molecule has 136 valence electrons. The van der Waals surface area contributed by atoms with Crippen LogP contribution in [0.1, 0.15) is 18.4 Å². The molecule has 3 aliphatic rings. The standard InChI is InChI=1S/C19H21ClN4O2/c20-19-16(10-22-11-17(19)25)24-8-4-15(12-24)26-18-9-14(3-7-23-18)13-1-5-21-6-2-13/h1,3,7,9-10,15,21H,2,4-6,8,11-12H2/t15-/m1/s1. The van der Waals surface area contributed by atoms with Gasteiger partial charge in [-0.3, -0.25) is 9.79 Å². The Hall–Kier alpha value is -2.18. The van der Waals surface area contributed by atoms with E-state index in [2.05, 4.69) is 26.3 Å². The van der Waals surface area contributed by atoms with Crippen molar-refractivity contribution in [3.8, 4) is 5.88 Å². The molecule has 4 heterocycles. The Morgan fingerprint density at radius 1 is 1.38 bits per heavy atom. The number of likely N-dealkylation sites (tertiary alicyclic amines) is 1. The topological polar surface area (TPSA) is 66.8 Å². The molecule has 1 fully saturated rings. The van der Waals surface area contributed by atoms with Crippen molar-refractivity contribution in [2.45, 2.75) is 18.9 Å². The van der Waals surface area contributed by atoms with Crippen LogP contribution in [0.5, 0.6) is 5.88 Å². The molecule has 0 saturated carbocycles. The Morgan fingerprint density at radius 2 is 2.31 bits per heavy atom. The van der Waals surface area contributed by atoms with E-state index in [0.29, 0.717) is 18.1 Å². The highest BCUT2D eigenvalue weighted by Gasteiger charge is 2.29. The van der Waals surface area contributed by atoms with E-state index in [-0.39, 0.29) is 23.5 Å². The van der Waals surface area contributed by atoms with Gasteiger partial charge < -0.3 is 15.0 Å². The van der Waals surface area contributed by atoms with Gasteiger partial charge in [0.15, 0.2) is 5.78 Å². The van der Waals surface area contributed by atoms with Gasteiger partial charge in [0.05, 0.1) is 12.2 Å². The van der Waals surface area contributed by atoms with Crippen LogP contribution in [0.25, 0.3) is 5.57 Å². The number of nitrogens with zero attached hydrogens (tertiary/aromatic N) is 3. The number of nitrogens with one attached hydrogen (secondary N) is 1. The van der Waals surface area contributed by atoms with Crippen LogP contribution in [0.3, 0.4) is 0 Å². The van der Waals surface area contributed by atoms with Crippen LogP contribution in [0.2, 0.25) is 0 Å².